The molecular weight excluding hydrogens is 424 g/mol. The highest BCUT2D eigenvalue weighted by atomic mass is 16.5. The maximum atomic E-state index is 13.1. The molecule has 1 aliphatic rings. The van der Waals surface area contributed by atoms with Gasteiger partial charge in [-0.15, -0.1) is 0 Å². The molecule has 0 spiro atoms. The molecular formula is C24H30N4O5. The van der Waals surface area contributed by atoms with Gasteiger partial charge in [-0.25, -0.2) is 4.79 Å². The predicted octanol–water partition coefficient (Wildman–Crippen LogP) is 2.58. The molecule has 2 N–H and O–H groups in total. The number of nitrogens with zero attached hydrogens (tertiary/aromatic N) is 3. The van der Waals surface area contributed by atoms with Crippen molar-refractivity contribution in [3.63, 3.8) is 0 Å². The monoisotopic (exact) mass is 454 g/mol. The van der Waals surface area contributed by atoms with Crippen molar-refractivity contribution in [2.24, 2.45) is 0 Å². The molecule has 3 rings (SSSR count). The predicted molar refractivity (Wildman–Crippen MR) is 123 cm³/mol. The summed E-state index contributed by atoms with van der Waals surface area (Å²) in [6.07, 6.45) is 3.85. The second-order valence-corrected chi connectivity index (χ2v) is 8.28. The van der Waals surface area contributed by atoms with E-state index < -0.39 is 23.7 Å². The third kappa shape index (κ3) is 4.68. The number of aromatic amines is 1. The fraction of sp³-hybridized carbons (Fsp3) is 0.417. The SMILES string of the molecule is CCOC(=O)c1[nH]c(C)c(C(O)=C2C(=O)C(=O)N(CCCN(C)C)C2c2cccnc2)c1C. The summed E-state index contributed by atoms with van der Waals surface area (Å²) in [6.45, 7) is 6.35. The van der Waals surface area contributed by atoms with Gasteiger partial charge in [0.05, 0.1) is 18.2 Å². The number of Topliss-reactive ketones (excluding diaryl/α,β-unsaturated/α-hetero) is 1. The van der Waals surface area contributed by atoms with E-state index in [1.807, 2.05) is 19.0 Å². The summed E-state index contributed by atoms with van der Waals surface area (Å²) in [7, 11) is 3.87. The Balaban J connectivity index is 2.13. The van der Waals surface area contributed by atoms with Gasteiger partial charge in [0.1, 0.15) is 11.5 Å². The Morgan fingerprint density at radius 2 is 2.03 bits per heavy atom. The minimum atomic E-state index is -0.777. The number of esters is 1. The lowest BCUT2D eigenvalue weighted by molar-refractivity contribution is -0.139. The van der Waals surface area contributed by atoms with Crippen molar-refractivity contribution in [1.29, 1.82) is 0 Å². The molecule has 0 aromatic carbocycles. The molecule has 1 unspecified atom stereocenters. The number of pyridine rings is 1. The standard InChI is InChI=1S/C24H30N4O5/c1-6-33-24(32)19-14(2)17(15(3)26-19)21(29)18-20(16-9-7-10-25-13-16)28(23(31)22(18)30)12-8-11-27(4)5/h7,9-10,13,20,26,29H,6,8,11-12H2,1-5H3. The van der Waals surface area contributed by atoms with E-state index in [1.54, 1.807) is 45.3 Å². The summed E-state index contributed by atoms with van der Waals surface area (Å²) in [6, 6.07) is 2.72. The van der Waals surface area contributed by atoms with E-state index in [0.717, 1.165) is 6.54 Å². The number of H-pyrrole nitrogens is 1. The van der Waals surface area contributed by atoms with Crippen LogP contribution in [-0.4, -0.2) is 76.3 Å². The van der Waals surface area contributed by atoms with E-state index in [4.69, 9.17) is 4.74 Å². The third-order valence-electron chi connectivity index (χ3n) is 5.70. The molecule has 0 aliphatic carbocycles. The van der Waals surface area contributed by atoms with E-state index in [-0.39, 0.29) is 23.6 Å². The fourth-order valence-electron chi connectivity index (χ4n) is 4.20. The van der Waals surface area contributed by atoms with E-state index in [1.165, 1.54) is 4.90 Å². The first-order valence-corrected chi connectivity index (χ1v) is 10.9. The van der Waals surface area contributed by atoms with Crippen molar-refractivity contribution in [2.45, 2.75) is 33.2 Å². The van der Waals surface area contributed by atoms with Crippen LogP contribution >= 0.6 is 0 Å². The summed E-state index contributed by atoms with van der Waals surface area (Å²) < 4.78 is 5.08. The molecule has 0 bridgehead atoms. The number of rotatable bonds is 8. The molecule has 2 aromatic heterocycles. The molecule has 1 aliphatic heterocycles. The summed E-state index contributed by atoms with van der Waals surface area (Å²) in [5, 5.41) is 11.3. The van der Waals surface area contributed by atoms with Gasteiger partial charge in [-0.1, -0.05) is 6.07 Å². The van der Waals surface area contributed by atoms with Crippen LogP contribution in [0.1, 0.15) is 52.3 Å². The zero-order chi connectivity index (χ0) is 24.3. The number of hydrogen-bond acceptors (Lipinski definition) is 7. The number of hydrogen-bond donors (Lipinski definition) is 2. The molecule has 9 heteroatoms. The van der Waals surface area contributed by atoms with Crippen LogP contribution in [0.2, 0.25) is 0 Å². The van der Waals surface area contributed by atoms with E-state index in [9.17, 15) is 19.5 Å². The lowest BCUT2D eigenvalue weighted by atomic mass is 9.95. The lowest BCUT2D eigenvalue weighted by Crippen LogP contribution is -2.32. The van der Waals surface area contributed by atoms with Crippen LogP contribution in [0.25, 0.3) is 5.76 Å². The molecule has 176 valence electrons. The number of ketones is 1. The van der Waals surface area contributed by atoms with E-state index in [2.05, 4.69) is 9.97 Å². The van der Waals surface area contributed by atoms with Crippen molar-refractivity contribution in [3.05, 3.63) is 58.2 Å². The number of aromatic nitrogens is 2. The van der Waals surface area contributed by atoms with Crippen molar-refractivity contribution in [2.75, 3.05) is 33.8 Å². The number of aryl methyl sites for hydroxylation is 1. The molecule has 1 fully saturated rings. The smallest absolute Gasteiger partial charge is 0.355 e. The van der Waals surface area contributed by atoms with Gasteiger partial charge >= 0.3 is 5.97 Å². The molecule has 1 amide bonds. The molecule has 1 saturated heterocycles. The number of ether oxygens (including phenoxy) is 1. The molecule has 0 saturated carbocycles. The van der Waals surface area contributed by atoms with Crippen LogP contribution in [-0.2, 0) is 14.3 Å². The van der Waals surface area contributed by atoms with Crippen LogP contribution in [0, 0.1) is 13.8 Å². The van der Waals surface area contributed by atoms with Crippen molar-refractivity contribution in [1.82, 2.24) is 19.8 Å². The molecule has 3 heterocycles. The van der Waals surface area contributed by atoms with Gasteiger partial charge in [0, 0.05) is 30.2 Å². The van der Waals surface area contributed by atoms with Crippen molar-refractivity contribution in [3.8, 4) is 0 Å². The Labute approximate surface area is 193 Å². The van der Waals surface area contributed by atoms with Gasteiger partial charge in [0.15, 0.2) is 0 Å². The van der Waals surface area contributed by atoms with Crippen LogP contribution in [0.15, 0.2) is 30.1 Å². The number of aliphatic hydroxyl groups excluding tert-OH is 1. The number of carbonyl (C=O) groups excluding carboxylic acids is 3. The lowest BCUT2D eigenvalue weighted by Gasteiger charge is -2.25. The average Bonchev–Trinajstić information content (AvgIpc) is 3.21. The second kappa shape index (κ2) is 9.99. The fourth-order valence-corrected chi connectivity index (χ4v) is 4.20. The Morgan fingerprint density at radius 3 is 2.64 bits per heavy atom. The molecule has 0 radical (unpaired) electrons. The van der Waals surface area contributed by atoms with Gasteiger partial charge in [-0.05, 0) is 65.0 Å². The Bertz CT molecular complexity index is 1090. The number of likely N-dealkylation sites (tertiary alicyclic amines) is 1. The van der Waals surface area contributed by atoms with Gasteiger partial charge in [-0.3, -0.25) is 14.6 Å². The average molecular weight is 455 g/mol. The Kier molecular flexibility index (Phi) is 7.33. The molecule has 33 heavy (non-hydrogen) atoms. The molecule has 9 nitrogen and oxygen atoms in total. The highest BCUT2D eigenvalue weighted by molar-refractivity contribution is 6.46. The molecule has 2 aromatic rings. The van der Waals surface area contributed by atoms with E-state index in [0.29, 0.717) is 35.3 Å². The zero-order valence-electron chi connectivity index (χ0n) is 19.6. The first-order valence-electron chi connectivity index (χ1n) is 10.9. The normalized spacial score (nSPS) is 17.8. The first kappa shape index (κ1) is 24.2. The van der Waals surface area contributed by atoms with E-state index >= 15 is 0 Å². The zero-order valence-corrected chi connectivity index (χ0v) is 19.6. The van der Waals surface area contributed by atoms with Gasteiger partial charge < -0.3 is 24.6 Å². The highest BCUT2D eigenvalue weighted by Gasteiger charge is 2.46. The maximum Gasteiger partial charge on any atom is 0.355 e. The van der Waals surface area contributed by atoms with Crippen molar-refractivity contribution >= 4 is 23.4 Å². The van der Waals surface area contributed by atoms with Gasteiger partial charge in [-0.2, -0.15) is 0 Å². The van der Waals surface area contributed by atoms with Crippen LogP contribution in [0.5, 0.6) is 0 Å². The highest BCUT2D eigenvalue weighted by Crippen LogP contribution is 2.40. The number of amides is 1. The van der Waals surface area contributed by atoms with Gasteiger partial charge in [0.2, 0.25) is 0 Å². The number of aliphatic hydroxyl groups is 1. The largest absolute Gasteiger partial charge is 0.507 e. The maximum absolute atomic E-state index is 13.1. The number of nitrogens with one attached hydrogen (secondary N) is 1. The number of carbonyl (C=O) groups is 3. The summed E-state index contributed by atoms with van der Waals surface area (Å²) in [5.41, 5.74) is 2.08. The third-order valence-corrected chi connectivity index (χ3v) is 5.70. The van der Waals surface area contributed by atoms with Crippen LogP contribution < -0.4 is 0 Å². The minimum absolute atomic E-state index is 0.0153. The second-order valence-electron chi connectivity index (χ2n) is 8.28. The summed E-state index contributed by atoms with van der Waals surface area (Å²) in [5.74, 6) is -2.30. The molecule has 1 atom stereocenters. The minimum Gasteiger partial charge on any atom is -0.507 e. The topological polar surface area (TPSA) is 116 Å². The first-order chi connectivity index (χ1) is 15.7. The Hall–Kier alpha value is -3.46. The summed E-state index contributed by atoms with van der Waals surface area (Å²) >= 11 is 0. The van der Waals surface area contributed by atoms with Crippen molar-refractivity contribution < 1.29 is 24.2 Å². The summed E-state index contributed by atoms with van der Waals surface area (Å²) in [4.78, 5) is 49.0. The quantitative estimate of drug-likeness (QED) is 0.273. The van der Waals surface area contributed by atoms with Crippen LogP contribution in [0.3, 0.4) is 0 Å². The van der Waals surface area contributed by atoms with Crippen LogP contribution in [0.4, 0.5) is 0 Å². The van der Waals surface area contributed by atoms with Gasteiger partial charge in [0.25, 0.3) is 11.7 Å². The Morgan fingerprint density at radius 1 is 1.30 bits per heavy atom.